The zero-order chi connectivity index (χ0) is 22.9. The number of anilines is 2. The first-order chi connectivity index (χ1) is 16.8. The summed E-state index contributed by atoms with van der Waals surface area (Å²) in [6, 6.07) is 30.2. The van der Waals surface area contributed by atoms with Crippen LogP contribution in [0.5, 0.6) is 0 Å². The third-order valence-electron chi connectivity index (χ3n) is 8.10. The molecule has 0 atom stereocenters. The number of nitrogens with zero attached hydrogens (tertiary/aromatic N) is 3. The highest BCUT2D eigenvalue weighted by Gasteiger charge is 2.35. The molecule has 6 rings (SSSR count). The molecular formula is C31H35N3. The van der Waals surface area contributed by atoms with Gasteiger partial charge in [0.05, 0.1) is 18.0 Å². The van der Waals surface area contributed by atoms with Crippen LogP contribution in [0.2, 0.25) is 0 Å². The molecule has 1 fully saturated rings. The first-order valence-electron chi connectivity index (χ1n) is 13.0. The second kappa shape index (κ2) is 9.21. The zero-order valence-corrected chi connectivity index (χ0v) is 20.2. The van der Waals surface area contributed by atoms with Crippen molar-refractivity contribution in [3.8, 4) is 0 Å². The van der Waals surface area contributed by atoms with Crippen molar-refractivity contribution in [2.24, 2.45) is 0 Å². The predicted molar refractivity (Wildman–Crippen MR) is 143 cm³/mol. The van der Waals surface area contributed by atoms with E-state index in [0.717, 1.165) is 26.2 Å². The quantitative estimate of drug-likeness (QED) is 0.414. The van der Waals surface area contributed by atoms with Crippen molar-refractivity contribution in [3.63, 3.8) is 0 Å². The number of fused-ring (bicyclic) bond motifs is 2. The topological polar surface area (TPSA) is 9.72 Å². The highest BCUT2D eigenvalue weighted by molar-refractivity contribution is 5.76. The molecule has 0 spiro atoms. The zero-order valence-electron chi connectivity index (χ0n) is 20.2. The van der Waals surface area contributed by atoms with Crippen molar-refractivity contribution in [2.75, 3.05) is 23.0 Å². The Balaban J connectivity index is 1.20. The highest BCUT2D eigenvalue weighted by Crippen LogP contribution is 2.41. The van der Waals surface area contributed by atoms with Crippen molar-refractivity contribution in [1.29, 1.82) is 0 Å². The number of rotatable bonds is 6. The van der Waals surface area contributed by atoms with Crippen LogP contribution in [0.3, 0.4) is 0 Å². The van der Waals surface area contributed by atoms with Gasteiger partial charge < -0.3 is 14.7 Å². The Morgan fingerprint density at radius 2 is 1.50 bits per heavy atom. The van der Waals surface area contributed by atoms with Gasteiger partial charge >= 0.3 is 0 Å². The van der Waals surface area contributed by atoms with Crippen molar-refractivity contribution in [1.82, 2.24) is 4.90 Å². The van der Waals surface area contributed by atoms with E-state index in [1.807, 2.05) is 0 Å². The third kappa shape index (κ3) is 3.98. The van der Waals surface area contributed by atoms with Gasteiger partial charge in [-0.1, -0.05) is 66.7 Å². The molecule has 1 saturated carbocycles. The van der Waals surface area contributed by atoms with Gasteiger partial charge in [0.1, 0.15) is 0 Å². The fourth-order valence-corrected chi connectivity index (χ4v) is 6.27. The van der Waals surface area contributed by atoms with E-state index in [9.17, 15) is 0 Å². The van der Waals surface area contributed by atoms with Gasteiger partial charge in [-0.2, -0.15) is 0 Å². The Bertz CT molecular complexity index is 1160. The minimum atomic E-state index is 0.608. The van der Waals surface area contributed by atoms with E-state index in [1.165, 1.54) is 59.4 Å². The number of hydrogen-bond donors (Lipinski definition) is 0. The van der Waals surface area contributed by atoms with Crippen molar-refractivity contribution in [3.05, 3.63) is 101 Å². The third-order valence-corrected chi connectivity index (χ3v) is 8.10. The van der Waals surface area contributed by atoms with Crippen molar-refractivity contribution >= 4 is 17.5 Å². The molecule has 0 amide bonds. The van der Waals surface area contributed by atoms with Crippen LogP contribution in [-0.4, -0.2) is 30.2 Å². The second-order valence-corrected chi connectivity index (χ2v) is 10.0. The Kier molecular flexibility index (Phi) is 5.78. The average Bonchev–Trinajstić information content (AvgIpc) is 3.50. The van der Waals surface area contributed by atoms with Crippen LogP contribution in [0.4, 0.5) is 11.4 Å². The maximum atomic E-state index is 2.74. The minimum Gasteiger partial charge on any atom is -0.367 e. The maximum absolute atomic E-state index is 2.74. The predicted octanol–water partition coefficient (Wildman–Crippen LogP) is 6.70. The van der Waals surface area contributed by atoms with Gasteiger partial charge in [-0.3, -0.25) is 0 Å². The van der Waals surface area contributed by atoms with Crippen LogP contribution in [0, 0.1) is 0 Å². The Morgan fingerprint density at radius 3 is 2.26 bits per heavy atom. The van der Waals surface area contributed by atoms with E-state index >= 15 is 0 Å². The lowest BCUT2D eigenvalue weighted by atomic mass is 9.88. The fraction of sp³-hybridized carbons (Fsp3) is 0.355. The van der Waals surface area contributed by atoms with Gasteiger partial charge in [0.25, 0.3) is 0 Å². The number of allylic oxidation sites excluding steroid dienone is 1. The smallest absolute Gasteiger partial charge is 0.0906 e. The summed E-state index contributed by atoms with van der Waals surface area (Å²) >= 11 is 0. The molecule has 3 aliphatic rings. The normalized spacial score (nSPS) is 21.3. The molecule has 0 radical (unpaired) electrons. The van der Waals surface area contributed by atoms with Gasteiger partial charge in [-0.25, -0.2) is 0 Å². The Hall–Kier alpha value is -3.20. The first-order valence-corrected chi connectivity index (χ1v) is 13.0. The minimum absolute atomic E-state index is 0.608. The van der Waals surface area contributed by atoms with Crippen LogP contribution < -0.4 is 9.80 Å². The lowest BCUT2D eigenvalue weighted by Gasteiger charge is -2.42. The summed E-state index contributed by atoms with van der Waals surface area (Å²) in [4.78, 5) is 7.94. The molecule has 3 heteroatoms. The van der Waals surface area contributed by atoms with E-state index in [-0.39, 0.29) is 0 Å². The molecule has 3 aromatic rings. The van der Waals surface area contributed by atoms with Gasteiger partial charge in [0, 0.05) is 37.3 Å². The van der Waals surface area contributed by atoms with Gasteiger partial charge in [0.15, 0.2) is 0 Å². The summed E-state index contributed by atoms with van der Waals surface area (Å²) in [5.74, 6) is 0. The van der Waals surface area contributed by atoms with E-state index in [4.69, 9.17) is 0 Å². The average molecular weight is 450 g/mol. The Morgan fingerprint density at radius 1 is 0.794 bits per heavy atom. The molecule has 0 unspecified atom stereocenters. The lowest BCUT2D eigenvalue weighted by Crippen LogP contribution is -2.45. The van der Waals surface area contributed by atoms with Crippen LogP contribution >= 0.6 is 0 Å². The van der Waals surface area contributed by atoms with E-state index < -0.39 is 0 Å². The van der Waals surface area contributed by atoms with Crippen LogP contribution in [0.1, 0.15) is 49.3 Å². The fourth-order valence-electron chi connectivity index (χ4n) is 6.27. The molecule has 0 N–H and O–H groups in total. The molecule has 0 saturated heterocycles. The molecule has 0 aromatic heterocycles. The van der Waals surface area contributed by atoms with Crippen molar-refractivity contribution < 1.29 is 0 Å². The molecule has 34 heavy (non-hydrogen) atoms. The summed E-state index contributed by atoms with van der Waals surface area (Å²) in [5.41, 5.74) is 8.62. The largest absolute Gasteiger partial charge is 0.367 e. The number of para-hydroxylation sites is 2. The van der Waals surface area contributed by atoms with Crippen molar-refractivity contribution in [2.45, 2.75) is 57.7 Å². The SMILES string of the molecule is CCN1CN(C2CCC(N(Cc3ccccc3)C3=Cc4ccccc4C3)CC2)c2ccccc21. The monoisotopic (exact) mass is 449 g/mol. The lowest BCUT2D eigenvalue weighted by molar-refractivity contribution is 0.181. The molecule has 1 heterocycles. The van der Waals surface area contributed by atoms with Gasteiger partial charge in [-0.15, -0.1) is 0 Å². The summed E-state index contributed by atoms with van der Waals surface area (Å²) in [6.07, 6.45) is 8.56. The highest BCUT2D eigenvalue weighted by atomic mass is 15.4. The van der Waals surface area contributed by atoms with E-state index in [2.05, 4.69) is 107 Å². The molecular weight excluding hydrogens is 414 g/mol. The van der Waals surface area contributed by atoms with E-state index in [1.54, 1.807) is 0 Å². The molecule has 1 aliphatic heterocycles. The maximum Gasteiger partial charge on any atom is 0.0906 e. The number of hydrogen-bond acceptors (Lipinski definition) is 3. The summed E-state index contributed by atoms with van der Waals surface area (Å²) in [6.45, 7) is 5.39. The summed E-state index contributed by atoms with van der Waals surface area (Å²) < 4.78 is 0. The molecule has 3 nitrogen and oxygen atoms in total. The standard InChI is InChI=1S/C31H35N3/c1-2-32-23-34(31-15-9-8-14-30(31)32)28-18-16-27(17-19-28)33(22-24-10-4-3-5-11-24)29-20-25-12-6-7-13-26(25)21-29/h3-15,20,27-28H,2,16-19,21-23H2,1H3. The molecule has 0 bridgehead atoms. The molecule has 174 valence electrons. The van der Waals surface area contributed by atoms with E-state index in [0.29, 0.717) is 12.1 Å². The molecule has 3 aromatic carbocycles. The van der Waals surface area contributed by atoms with Crippen LogP contribution in [0.15, 0.2) is 84.6 Å². The first kappa shape index (κ1) is 21.3. The van der Waals surface area contributed by atoms with Crippen LogP contribution in [0.25, 0.3) is 6.08 Å². The summed E-state index contributed by atoms with van der Waals surface area (Å²) in [5, 5.41) is 0. The Labute approximate surface area is 204 Å². The van der Waals surface area contributed by atoms with Gasteiger partial charge in [-0.05, 0) is 67.5 Å². The van der Waals surface area contributed by atoms with Gasteiger partial charge in [0.2, 0.25) is 0 Å². The van der Waals surface area contributed by atoms with Crippen LogP contribution in [-0.2, 0) is 13.0 Å². The second-order valence-electron chi connectivity index (χ2n) is 10.0. The summed E-state index contributed by atoms with van der Waals surface area (Å²) in [7, 11) is 0. The number of benzene rings is 3. The molecule has 2 aliphatic carbocycles.